The first-order valence-electron chi connectivity index (χ1n) is 7.47. The summed E-state index contributed by atoms with van der Waals surface area (Å²) >= 11 is 0. The molecule has 1 aromatic carbocycles. The normalized spacial score (nSPS) is 18.6. The highest BCUT2D eigenvalue weighted by molar-refractivity contribution is 5.99. The van der Waals surface area contributed by atoms with Crippen molar-refractivity contribution in [3.8, 4) is 0 Å². The van der Waals surface area contributed by atoms with Gasteiger partial charge in [0.25, 0.3) is 0 Å². The van der Waals surface area contributed by atoms with E-state index < -0.39 is 0 Å². The second-order valence-corrected chi connectivity index (χ2v) is 5.76. The van der Waals surface area contributed by atoms with Gasteiger partial charge in [-0.3, -0.25) is 9.59 Å². The van der Waals surface area contributed by atoms with Crippen LogP contribution in [0.2, 0.25) is 0 Å². The third kappa shape index (κ3) is 4.14. The van der Waals surface area contributed by atoms with E-state index in [2.05, 4.69) is 0 Å². The van der Waals surface area contributed by atoms with Gasteiger partial charge in [-0.25, -0.2) is 0 Å². The Kier molecular flexibility index (Phi) is 5.12. The number of hydrogen-bond acceptors (Lipinski definition) is 3. The second-order valence-electron chi connectivity index (χ2n) is 5.76. The maximum atomic E-state index is 12.3. The lowest BCUT2D eigenvalue weighted by molar-refractivity contribution is -0.138. The van der Waals surface area contributed by atoms with Crippen LogP contribution in [0.1, 0.15) is 41.3 Å². The summed E-state index contributed by atoms with van der Waals surface area (Å²) in [5.74, 6) is 0.0923. The molecule has 1 aromatic rings. The number of ketones is 1. The van der Waals surface area contributed by atoms with Gasteiger partial charge >= 0.3 is 0 Å². The van der Waals surface area contributed by atoms with Crippen LogP contribution in [0, 0.1) is 13.8 Å². The zero-order chi connectivity index (χ0) is 15.4. The first-order chi connectivity index (χ1) is 9.97. The van der Waals surface area contributed by atoms with Crippen molar-refractivity contribution in [1.82, 2.24) is 4.90 Å². The van der Waals surface area contributed by atoms with Crippen LogP contribution in [-0.4, -0.2) is 42.4 Å². The molecule has 0 bridgehead atoms. The van der Waals surface area contributed by atoms with Crippen molar-refractivity contribution in [3.63, 3.8) is 0 Å². The van der Waals surface area contributed by atoms with E-state index in [4.69, 9.17) is 4.74 Å². The standard InChI is InChI=1S/C17H23NO3/c1-12-4-5-13(2)15(10-12)16(19)6-7-17(20)18-8-9-21-14(3)11-18/h4-5,10,14H,6-9,11H2,1-3H3. The monoisotopic (exact) mass is 289 g/mol. The number of morpholine rings is 1. The fraction of sp³-hybridized carbons (Fsp3) is 0.529. The molecule has 21 heavy (non-hydrogen) atoms. The Morgan fingerprint density at radius 3 is 2.76 bits per heavy atom. The summed E-state index contributed by atoms with van der Waals surface area (Å²) in [4.78, 5) is 26.2. The van der Waals surface area contributed by atoms with Crippen LogP contribution in [0.5, 0.6) is 0 Å². The number of aryl methyl sites for hydroxylation is 2. The van der Waals surface area contributed by atoms with Crippen molar-refractivity contribution in [3.05, 3.63) is 34.9 Å². The van der Waals surface area contributed by atoms with Gasteiger partial charge in [-0.15, -0.1) is 0 Å². The van der Waals surface area contributed by atoms with Crippen molar-refractivity contribution in [2.24, 2.45) is 0 Å². The van der Waals surface area contributed by atoms with E-state index in [1.165, 1.54) is 0 Å². The lowest BCUT2D eigenvalue weighted by atomic mass is 9.99. The lowest BCUT2D eigenvalue weighted by Gasteiger charge is -2.31. The quantitative estimate of drug-likeness (QED) is 0.800. The third-order valence-electron chi connectivity index (χ3n) is 3.85. The van der Waals surface area contributed by atoms with E-state index in [0.29, 0.717) is 19.7 Å². The van der Waals surface area contributed by atoms with Crippen molar-refractivity contribution in [2.75, 3.05) is 19.7 Å². The minimum atomic E-state index is 0.0452. The summed E-state index contributed by atoms with van der Waals surface area (Å²) in [6, 6.07) is 5.85. The van der Waals surface area contributed by atoms with Gasteiger partial charge in [0, 0.05) is 31.5 Å². The van der Waals surface area contributed by atoms with Gasteiger partial charge in [0.2, 0.25) is 5.91 Å². The molecule has 1 amide bonds. The molecule has 0 spiro atoms. The van der Waals surface area contributed by atoms with E-state index in [-0.39, 0.29) is 30.6 Å². The van der Waals surface area contributed by atoms with Crippen LogP contribution in [0.25, 0.3) is 0 Å². The molecule has 0 radical (unpaired) electrons. The average Bonchev–Trinajstić information content (AvgIpc) is 2.47. The Morgan fingerprint density at radius 1 is 1.29 bits per heavy atom. The molecule has 4 heteroatoms. The number of carbonyl (C=O) groups excluding carboxylic acids is 2. The van der Waals surface area contributed by atoms with Gasteiger partial charge in [-0.05, 0) is 32.4 Å². The molecule has 0 saturated carbocycles. The van der Waals surface area contributed by atoms with Crippen LogP contribution < -0.4 is 0 Å². The van der Waals surface area contributed by atoms with E-state index in [9.17, 15) is 9.59 Å². The second kappa shape index (κ2) is 6.85. The number of ether oxygens (including phenoxy) is 1. The first kappa shape index (κ1) is 15.7. The van der Waals surface area contributed by atoms with Crippen molar-refractivity contribution >= 4 is 11.7 Å². The number of amides is 1. The molecular weight excluding hydrogens is 266 g/mol. The third-order valence-corrected chi connectivity index (χ3v) is 3.85. The maximum Gasteiger partial charge on any atom is 0.223 e. The molecule has 114 valence electrons. The minimum absolute atomic E-state index is 0.0452. The SMILES string of the molecule is Cc1ccc(C)c(C(=O)CCC(=O)N2CCOC(C)C2)c1. The molecule has 1 saturated heterocycles. The lowest BCUT2D eigenvalue weighted by Crippen LogP contribution is -2.44. The molecule has 1 aliphatic rings. The molecule has 2 rings (SSSR count). The zero-order valence-corrected chi connectivity index (χ0v) is 13.0. The van der Waals surface area contributed by atoms with Gasteiger partial charge in [0.1, 0.15) is 0 Å². The molecule has 0 aromatic heterocycles. The molecule has 1 fully saturated rings. The zero-order valence-electron chi connectivity index (χ0n) is 13.0. The molecule has 0 aliphatic carbocycles. The smallest absolute Gasteiger partial charge is 0.223 e. The molecule has 1 aliphatic heterocycles. The van der Waals surface area contributed by atoms with Crippen molar-refractivity contribution in [2.45, 2.75) is 39.7 Å². The Hall–Kier alpha value is -1.68. The van der Waals surface area contributed by atoms with Gasteiger partial charge < -0.3 is 9.64 Å². The largest absolute Gasteiger partial charge is 0.375 e. The minimum Gasteiger partial charge on any atom is -0.375 e. The Morgan fingerprint density at radius 2 is 2.05 bits per heavy atom. The topological polar surface area (TPSA) is 46.6 Å². The maximum absolute atomic E-state index is 12.3. The fourth-order valence-electron chi connectivity index (χ4n) is 2.59. The van der Waals surface area contributed by atoms with E-state index >= 15 is 0 Å². The number of rotatable bonds is 4. The van der Waals surface area contributed by atoms with Crippen LogP contribution in [0.3, 0.4) is 0 Å². The van der Waals surface area contributed by atoms with E-state index in [0.717, 1.165) is 16.7 Å². The predicted molar refractivity (Wildman–Crippen MR) is 81.5 cm³/mol. The molecule has 1 unspecified atom stereocenters. The fourth-order valence-corrected chi connectivity index (χ4v) is 2.59. The average molecular weight is 289 g/mol. The highest BCUT2D eigenvalue weighted by atomic mass is 16.5. The molecule has 4 nitrogen and oxygen atoms in total. The van der Waals surface area contributed by atoms with Crippen LogP contribution in [0.4, 0.5) is 0 Å². The van der Waals surface area contributed by atoms with E-state index in [1.54, 1.807) is 4.90 Å². The number of hydrogen-bond donors (Lipinski definition) is 0. The Labute approximate surface area is 126 Å². The summed E-state index contributed by atoms with van der Waals surface area (Å²) in [5.41, 5.74) is 2.77. The summed E-state index contributed by atoms with van der Waals surface area (Å²) in [6.07, 6.45) is 0.630. The molecule has 1 heterocycles. The van der Waals surface area contributed by atoms with E-state index in [1.807, 2.05) is 39.0 Å². The molecular formula is C17H23NO3. The van der Waals surface area contributed by atoms with Crippen molar-refractivity contribution in [1.29, 1.82) is 0 Å². The van der Waals surface area contributed by atoms with Crippen LogP contribution in [0.15, 0.2) is 18.2 Å². The summed E-state index contributed by atoms with van der Waals surface area (Å²) in [5, 5.41) is 0. The Balaban J connectivity index is 1.91. The van der Waals surface area contributed by atoms with Crippen LogP contribution >= 0.6 is 0 Å². The number of benzene rings is 1. The predicted octanol–water partition coefficient (Wildman–Crippen LogP) is 2.51. The molecule has 0 N–H and O–H groups in total. The highest BCUT2D eigenvalue weighted by Crippen LogP contribution is 2.15. The van der Waals surface area contributed by atoms with Crippen molar-refractivity contribution < 1.29 is 14.3 Å². The number of nitrogens with zero attached hydrogens (tertiary/aromatic N) is 1. The highest BCUT2D eigenvalue weighted by Gasteiger charge is 2.22. The van der Waals surface area contributed by atoms with Gasteiger partial charge in [0.15, 0.2) is 5.78 Å². The summed E-state index contributed by atoms with van der Waals surface area (Å²) in [6.45, 7) is 7.69. The summed E-state index contributed by atoms with van der Waals surface area (Å²) < 4.78 is 5.42. The first-order valence-corrected chi connectivity index (χ1v) is 7.47. The van der Waals surface area contributed by atoms with Gasteiger partial charge in [-0.1, -0.05) is 17.7 Å². The van der Waals surface area contributed by atoms with Crippen LogP contribution in [-0.2, 0) is 9.53 Å². The van der Waals surface area contributed by atoms with Gasteiger partial charge in [-0.2, -0.15) is 0 Å². The molecule has 1 atom stereocenters. The summed E-state index contributed by atoms with van der Waals surface area (Å²) in [7, 11) is 0. The number of carbonyl (C=O) groups is 2. The van der Waals surface area contributed by atoms with Gasteiger partial charge in [0.05, 0.1) is 12.7 Å². The number of Topliss-reactive ketones (excluding diaryl/α,β-unsaturated/α-hetero) is 1. The Bertz CT molecular complexity index is 539.